The number of carbonyl (C=O) groups is 1. The summed E-state index contributed by atoms with van der Waals surface area (Å²) in [5, 5.41) is 16.8. The van der Waals surface area contributed by atoms with E-state index in [2.05, 4.69) is 125 Å². The van der Waals surface area contributed by atoms with E-state index in [9.17, 15) is 9.90 Å². The van der Waals surface area contributed by atoms with Gasteiger partial charge < -0.3 is 5.11 Å². The molecule has 0 bridgehead atoms. The Morgan fingerprint density at radius 1 is 0.865 bits per heavy atom. The summed E-state index contributed by atoms with van der Waals surface area (Å²) in [5.41, 5.74) is 10.1. The molecule has 4 aromatic rings. The second-order valence-corrected chi connectivity index (χ2v) is 25.2. The maximum absolute atomic E-state index is 11.7. The van der Waals surface area contributed by atoms with Gasteiger partial charge in [0.1, 0.15) is 16.1 Å². The number of fused-ring (bicyclic) bond motifs is 3. The summed E-state index contributed by atoms with van der Waals surface area (Å²) in [6.07, 6.45) is 11.7. The summed E-state index contributed by atoms with van der Waals surface area (Å²) in [4.78, 5) is 16.5. The summed E-state index contributed by atoms with van der Waals surface area (Å²) in [6.45, 7) is 24.8. The molecule has 2 aliphatic heterocycles. The van der Waals surface area contributed by atoms with Crippen LogP contribution in [0.4, 0.5) is 0 Å². The molecule has 0 amide bonds. The minimum atomic E-state index is -1.82. The zero-order valence-corrected chi connectivity index (χ0v) is 37.6. The molecular formula is C46H58IrNO2Si2-. The van der Waals surface area contributed by atoms with Gasteiger partial charge in [0.2, 0.25) is 0 Å². The Labute approximate surface area is 329 Å². The van der Waals surface area contributed by atoms with Gasteiger partial charge in [-0.3, -0.25) is 9.78 Å². The van der Waals surface area contributed by atoms with Crippen LogP contribution in [-0.4, -0.2) is 32.0 Å². The summed E-state index contributed by atoms with van der Waals surface area (Å²) in [5.74, 6) is 0.547. The fraction of sp³-hybridized carbons (Fsp3) is 0.391. The molecule has 2 aliphatic rings. The molecule has 1 N–H and O–H groups in total. The average Bonchev–Trinajstić information content (AvgIpc) is 3.54. The van der Waals surface area contributed by atoms with E-state index in [-0.39, 0.29) is 48.9 Å². The fourth-order valence-corrected chi connectivity index (χ4v) is 13.1. The van der Waals surface area contributed by atoms with Crippen LogP contribution in [0.1, 0.15) is 96.4 Å². The number of carbonyl (C=O) groups excluding carboxylic acids is 1. The summed E-state index contributed by atoms with van der Waals surface area (Å²) in [6, 6.07) is 24.1. The van der Waals surface area contributed by atoms with Crippen molar-refractivity contribution in [2.24, 2.45) is 11.8 Å². The molecule has 3 heterocycles. The number of ketones is 1. The minimum absolute atomic E-state index is 0. The first-order chi connectivity index (χ1) is 24.0. The largest absolute Gasteiger partial charge is 0.512 e. The molecule has 3 aromatic carbocycles. The molecule has 1 radical (unpaired) electrons. The van der Waals surface area contributed by atoms with Crippen molar-refractivity contribution in [2.45, 2.75) is 106 Å². The van der Waals surface area contributed by atoms with E-state index in [1.807, 2.05) is 33.9 Å². The number of allylic oxidation sites excluding steroid dienone is 2. The smallest absolute Gasteiger partial charge is 0.162 e. The first kappa shape index (κ1) is 41.6. The second kappa shape index (κ2) is 16.5. The Kier molecular flexibility index (Phi) is 13.2. The monoisotopic (exact) mass is 905 g/mol. The molecule has 0 saturated heterocycles. The summed E-state index contributed by atoms with van der Waals surface area (Å²) < 4.78 is 0. The molecule has 6 rings (SSSR count). The Morgan fingerprint density at radius 3 is 2.13 bits per heavy atom. The van der Waals surface area contributed by atoms with Crippen LogP contribution in [0.2, 0.25) is 26.2 Å². The van der Waals surface area contributed by atoms with Crippen LogP contribution in [0.25, 0.3) is 39.4 Å². The number of hydrogen-bond donors (Lipinski definition) is 1. The molecular weight excluding hydrogens is 847 g/mol. The first-order valence-corrected chi connectivity index (χ1v) is 25.1. The number of benzene rings is 3. The molecule has 1 aromatic heterocycles. The van der Waals surface area contributed by atoms with Crippen LogP contribution in [-0.2, 0) is 30.3 Å². The topological polar surface area (TPSA) is 50.2 Å². The van der Waals surface area contributed by atoms with Crippen molar-refractivity contribution in [1.29, 1.82) is 0 Å². The van der Waals surface area contributed by atoms with Gasteiger partial charge in [0.05, 0.1) is 5.76 Å². The predicted molar refractivity (Wildman–Crippen MR) is 226 cm³/mol. The number of aromatic nitrogens is 1. The number of nitrogens with zero attached hydrogens (tertiary/aromatic N) is 1. The van der Waals surface area contributed by atoms with E-state index in [0.717, 1.165) is 42.3 Å². The number of pyridine rings is 1. The van der Waals surface area contributed by atoms with Crippen LogP contribution in [0.5, 0.6) is 0 Å². The van der Waals surface area contributed by atoms with Gasteiger partial charge in [-0.15, -0.1) is 29.1 Å². The minimum Gasteiger partial charge on any atom is -0.512 e. The second-order valence-electron chi connectivity index (χ2n) is 16.6. The number of hydrogen-bond acceptors (Lipinski definition) is 3. The molecule has 0 saturated carbocycles. The fourth-order valence-electron chi connectivity index (χ4n) is 7.82. The molecule has 3 nitrogen and oxygen atoms in total. The van der Waals surface area contributed by atoms with Crippen molar-refractivity contribution >= 4 is 60.4 Å². The van der Waals surface area contributed by atoms with Crippen molar-refractivity contribution in [3.63, 3.8) is 0 Å². The number of rotatable bonds is 9. The Hall–Kier alpha value is -3.16. The number of aliphatic hydroxyl groups excluding tert-OH is 1. The van der Waals surface area contributed by atoms with Gasteiger partial charge >= 0.3 is 0 Å². The maximum atomic E-state index is 11.7. The van der Waals surface area contributed by atoms with Gasteiger partial charge in [-0.05, 0) is 69.4 Å². The zero-order chi connectivity index (χ0) is 37.3. The first-order valence-electron chi connectivity index (χ1n) is 19.0. The molecule has 52 heavy (non-hydrogen) atoms. The van der Waals surface area contributed by atoms with E-state index >= 15 is 0 Å². The molecule has 0 spiro atoms. The molecule has 0 fully saturated rings. The summed E-state index contributed by atoms with van der Waals surface area (Å²) in [7, 11) is -3.28. The third-order valence-electron chi connectivity index (χ3n) is 11.3. The van der Waals surface area contributed by atoms with E-state index in [4.69, 9.17) is 4.98 Å². The van der Waals surface area contributed by atoms with Crippen LogP contribution in [0.3, 0.4) is 0 Å². The SMILES string of the molecule is CC(C)(C)c1cc(-c2cc(C3=Cc4cc5c(cc4[Si]3(C)C)C=C[Si]5(C)C)ccn2)[c-]c2ccccc12.CCC(CC)C(=O)/C=C(\O)C(CC)CC.[Ir]. The van der Waals surface area contributed by atoms with Crippen molar-refractivity contribution in [1.82, 2.24) is 4.98 Å². The molecule has 277 valence electrons. The van der Waals surface area contributed by atoms with Crippen molar-refractivity contribution in [3.8, 4) is 11.3 Å². The average molecular weight is 905 g/mol. The quantitative estimate of drug-likeness (QED) is 0.0788. The van der Waals surface area contributed by atoms with Crippen molar-refractivity contribution < 1.29 is 30.0 Å². The Morgan fingerprint density at radius 2 is 1.50 bits per heavy atom. The third-order valence-corrected chi connectivity index (χ3v) is 17.6. The molecule has 0 atom stereocenters. The maximum Gasteiger partial charge on any atom is 0.162 e. The molecule has 6 heteroatoms. The number of aliphatic hydroxyl groups is 1. The van der Waals surface area contributed by atoms with Gasteiger partial charge in [0.15, 0.2) is 5.78 Å². The van der Waals surface area contributed by atoms with E-state index in [1.165, 1.54) is 38.9 Å². The molecule has 0 unspecified atom stereocenters. The van der Waals surface area contributed by atoms with Crippen molar-refractivity contribution in [2.75, 3.05) is 0 Å². The zero-order valence-electron chi connectivity index (χ0n) is 33.2. The van der Waals surface area contributed by atoms with Crippen LogP contribution in [0.15, 0.2) is 78.3 Å². The van der Waals surface area contributed by atoms with E-state index < -0.39 is 16.1 Å². The normalized spacial score (nSPS) is 15.6. The molecule has 0 aliphatic carbocycles. The Bertz CT molecular complexity index is 2020. The predicted octanol–water partition coefficient (Wildman–Crippen LogP) is 11.4. The third kappa shape index (κ3) is 8.46. The van der Waals surface area contributed by atoms with E-state index in [0.29, 0.717) is 0 Å². The Balaban J connectivity index is 0.000000323. The van der Waals surface area contributed by atoms with E-state index in [1.54, 1.807) is 10.4 Å². The van der Waals surface area contributed by atoms with Gasteiger partial charge in [0.25, 0.3) is 0 Å². The van der Waals surface area contributed by atoms with Gasteiger partial charge in [0, 0.05) is 49.9 Å². The summed E-state index contributed by atoms with van der Waals surface area (Å²) >= 11 is 0. The standard InChI is InChI=1S/C33H34NSi2.C13H24O2.Ir/c1-33(2,3)28-17-25(16-22-10-8-9-11-27(22)28)29-18-23(12-14-34-29)31-21-26-20-30-24(13-15-35(30,4)5)19-32(26)36(31,6)7;1-5-10(6-2)12(14)9-13(15)11(7-3)8-4;/h8-15,17-21H,1-7H3;9-11,14H,5-8H2,1-4H3;/q-1;;/b;12-9-;. The van der Waals surface area contributed by atoms with Crippen LogP contribution >= 0.6 is 0 Å². The van der Waals surface area contributed by atoms with Gasteiger partial charge in [-0.1, -0.05) is 140 Å². The van der Waals surface area contributed by atoms with Crippen LogP contribution in [0, 0.1) is 17.9 Å². The van der Waals surface area contributed by atoms with Crippen LogP contribution < -0.4 is 10.4 Å². The van der Waals surface area contributed by atoms with Gasteiger partial charge in [-0.2, -0.15) is 0 Å². The van der Waals surface area contributed by atoms with Gasteiger partial charge in [-0.25, -0.2) is 0 Å². The van der Waals surface area contributed by atoms with Crippen molar-refractivity contribution in [3.05, 3.63) is 107 Å².